The van der Waals surface area contributed by atoms with E-state index in [9.17, 15) is 9.18 Å². The number of hydrogen-bond donors (Lipinski definition) is 0. The Hall–Kier alpha value is -1.60. The standard InChI is InChI=1S/C18H21BrFNO4/c1-10(2)5-7-24-13-8-12-15(20)14(19)17(25-9-23-3)11-4-6-21(16(11)12)18(13)22/h8,10H,4-7,9H2,1-3H3. The van der Waals surface area contributed by atoms with Crippen molar-refractivity contribution in [2.45, 2.75) is 33.2 Å². The molecule has 0 radical (unpaired) electrons. The zero-order valence-electron chi connectivity index (χ0n) is 14.5. The average molecular weight is 414 g/mol. The van der Waals surface area contributed by atoms with E-state index in [0.29, 0.717) is 42.1 Å². The Morgan fingerprint density at radius 3 is 2.80 bits per heavy atom. The Labute approximate surface area is 153 Å². The van der Waals surface area contributed by atoms with Crippen molar-refractivity contribution in [3.05, 3.63) is 32.3 Å². The summed E-state index contributed by atoms with van der Waals surface area (Å²) in [6, 6.07) is 1.50. The van der Waals surface area contributed by atoms with E-state index in [4.69, 9.17) is 14.2 Å². The van der Waals surface area contributed by atoms with E-state index in [1.165, 1.54) is 13.2 Å². The van der Waals surface area contributed by atoms with Crippen molar-refractivity contribution in [3.8, 4) is 11.5 Å². The van der Waals surface area contributed by atoms with Crippen LogP contribution in [0.2, 0.25) is 0 Å². The maximum absolute atomic E-state index is 14.9. The summed E-state index contributed by atoms with van der Waals surface area (Å²) in [7, 11) is 1.50. The maximum Gasteiger partial charge on any atom is 0.293 e. The number of halogens is 2. The first-order chi connectivity index (χ1) is 12.0. The number of ether oxygens (including phenoxy) is 3. The molecule has 2 aromatic rings. The zero-order chi connectivity index (χ0) is 18.1. The third-order valence-corrected chi connectivity index (χ3v) is 5.01. The highest BCUT2D eigenvalue weighted by atomic mass is 79.9. The number of aromatic nitrogens is 1. The lowest BCUT2D eigenvalue weighted by Crippen LogP contribution is -2.21. The zero-order valence-corrected chi connectivity index (χ0v) is 16.1. The highest BCUT2D eigenvalue weighted by Gasteiger charge is 2.27. The van der Waals surface area contributed by atoms with E-state index in [1.807, 2.05) is 0 Å². The molecule has 0 aliphatic carbocycles. The minimum Gasteiger partial charge on any atom is -0.488 e. The van der Waals surface area contributed by atoms with Gasteiger partial charge in [-0.2, -0.15) is 0 Å². The van der Waals surface area contributed by atoms with Crippen LogP contribution in [-0.4, -0.2) is 25.1 Å². The van der Waals surface area contributed by atoms with Crippen molar-refractivity contribution in [1.29, 1.82) is 0 Å². The number of rotatable bonds is 7. The number of methoxy groups -OCH3 is 1. The van der Waals surface area contributed by atoms with E-state index in [-0.39, 0.29) is 22.6 Å². The number of hydrogen-bond acceptors (Lipinski definition) is 4. The SMILES string of the molecule is COCOc1c(Br)c(F)c2cc(OCCC(C)C)c(=O)n3c2c1CC3. The molecular formula is C18H21BrFNO4. The molecule has 0 spiro atoms. The second-order valence-corrected chi connectivity index (χ2v) is 7.29. The number of pyridine rings is 1. The third kappa shape index (κ3) is 3.27. The van der Waals surface area contributed by atoms with Crippen LogP contribution in [0.4, 0.5) is 4.39 Å². The Balaban J connectivity index is 2.11. The first-order valence-electron chi connectivity index (χ1n) is 8.27. The molecule has 0 saturated carbocycles. The van der Waals surface area contributed by atoms with Gasteiger partial charge in [0.25, 0.3) is 5.56 Å². The van der Waals surface area contributed by atoms with Crippen LogP contribution in [-0.2, 0) is 17.7 Å². The highest BCUT2D eigenvalue weighted by molar-refractivity contribution is 9.10. The molecule has 3 rings (SSSR count). The first-order valence-corrected chi connectivity index (χ1v) is 9.06. The van der Waals surface area contributed by atoms with Crippen LogP contribution in [0.25, 0.3) is 10.9 Å². The van der Waals surface area contributed by atoms with Gasteiger partial charge in [-0.25, -0.2) is 4.39 Å². The fraction of sp³-hybridized carbons (Fsp3) is 0.500. The van der Waals surface area contributed by atoms with Gasteiger partial charge in [0.1, 0.15) is 5.75 Å². The quantitative estimate of drug-likeness (QED) is 0.646. The monoisotopic (exact) mass is 413 g/mol. The molecule has 1 aromatic carbocycles. The normalized spacial score (nSPS) is 13.0. The predicted molar refractivity (Wildman–Crippen MR) is 97.0 cm³/mol. The van der Waals surface area contributed by atoms with Gasteiger partial charge in [-0.3, -0.25) is 4.79 Å². The molecule has 0 saturated heterocycles. The lowest BCUT2D eigenvalue weighted by Gasteiger charge is -2.15. The molecular weight excluding hydrogens is 393 g/mol. The largest absolute Gasteiger partial charge is 0.488 e. The Morgan fingerprint density at radius 2 is 2.12 bits per heavy atom. The molecule has 0 atom stereocenters. The lowest BCUT2D eigenvalue weighted by atomic mass is 10.1. The van der Waals surface area contributed by atoms with Gasteiger partial charge in [-0.05, 0) is 40.8 Å². The van der Waals surface area contributed by atoms with E-state index in [2.05, 4.69) is 29.8 Å². The van der Waals surface area contributed by atoms with E-state index in [1.54, 1.807) is 4.57 Å². The Bertz CT molecular complexity index is 863. The summed E-state index contributed by atoms with van der Waals surface area (Å²) in [5, 5.41) is 0.364. The first kappa shape index (κ1) is 18.2. The summed E-state index contributed by atoms with van der Waals surface area (Å²) in [4.78, 5) is 12.7. The van der Waals surface area contributed by atoms with Gasteiger partial charge in [0.15, 0.2) is 18.4 Å². The molecule has 0 fully saturated rings. The van der Waals surface area contributed by atoms with Crippen molar-refractivity contribution in [2.24, 2.45) is 5.92 Å². The van der Waals surface area contributed by atoms with Gasteiger partial charge in [-0.15, -0.1) is 0 Å². The molecule has 0 unspecified atom stereocenters. The molecule has 1 aliphatic rings. The predicted octanol–water partition coefficient (Wildman–Crippen LogP) is 3.87. The van der Waals surface area contributed by atoms with Crippen LogP contribution in [0.3, 0.4) is 0 Å². The molecule has 25 heavy (non-hydrogen) atoms. The van der Waals surface area contributed by atoms with Gasteiger partial charge in [0.05, 0.1) is 16.6 Å². The molecule has 5 nitrogen and oxygen atoms in total. The van der Waals surface area contributed by atoms with Gasteiger partial charge in [0, 0.05) is 24.6 Å². The molecule has 7 heteroatoms. The van der Waals surface area contributed by atoms with Crippen LogP contribution >= 0.6 is 15.9 Å². The molecule has 2 heterocycles. The van der Waals surface area contributed by atoms with Crippen molar-refractivity contribution in [3.63, 3.8) is 0 Å². The van der Waals surface area contributed by atoms with Gasteiger partial charge < -0.3 is 18.8 Å². The van der Waals surface area contributed by atoms with Crippen LogP contribution in [0.5, 0.6) is 11.5 Å². The second kappa shape index (κ2) is 7.33. The summed E-state index contributed by atoms with van der Waals surface area (Å²) < 4.78 is 32.8. The summed E-state index contributed by atoms with van der Waals surface area (Å²) in [5.41, 5.74) is 1.16. The fourth-order valence-electron chi connectivity index (χ4n) is 3.04. The minimum absolute atomic E-state index is 0.0111. The van der Waals surface area contributed by atoms with Crippen LogP contribution in [0.1, 0.15) is 25.8 Å². The van der Waals surface area contributed by atoms with Crippen molar-refractivity contribution in [2.75, 3.05) is 20.5 Å². The Morgan fingerprint density at radius 1 is 1.36 bits per heavy atom. The van der Waals surface area contributed by atoms with Crippen molar-refractivity contribution < 1.29 is 18.6 Å². The second-order valence-electron chi connectivity index (χ2n) is 6.50. The molecule has 1 aliphatic heterocycles. The van der Waals surface area contributed by atoms with Gasteiger partial charge in [-0.1, -0.05) is 13.8 Å². The van der Waals surface area contributed by atoms with E-state index >= 15 is 0 Å². The van der Waals surface area contributed by atoms with E-state index in [0.717, 1.165) is 12.0 Å². The third-order valence-electron chi connectivity index (χ3n) is 4.30. The smallest absolute Gasteiger partial charge is 0.293 e. The molecule has 1 aromatic heterocycles. The maximum atomic E-state index is 14.9. The summed E-state index contributed by atoms with van der Waals surface area (Å²) in [6.45, 7) is 5.09. The number of nitrogens with zero attached hydrogens (tertiary/aromatic N) is 1. The van der Waals surface area contributed by atoms with Crippen molar-refractivity contribution in [1.82, 2.24) is 4.57 Å². The summed E-state index contributed by atoms with van der Waals surface area (Å²) >= 11 is 3.28. The molecule has 0 amide bonds. The average Bonchev–Trinajstić information content (AvgIpc) is 3.01. The minimum atomic E-state index is -0.464. The lowest BCUT2D eigenvalue weighted by molar-refractivity contribution is 0.0498. The summed E-state index contributed by atoms with van der Waals surface area (Å²) in [5.74, 6) is 0.592. The Kier molecular flexibility index (Phi) is 5.34. The van der Waals surface area contributed by atoms with Gasteiger partial charge in [0.2, 0.25) is 0 Å². The number of aryl methyl sites for hydroxylation is 2. The van der Waals surface area contributed by atoms with E-state index < -0.39 is 5.82 Å². The molecule has 0 N–H and O–H groups in total. The van der Waals surface area contributed by atoms with Crippen LogP contribution < -0.4 is 15.0 Å². The summed E-state index contributed by atoms with van der Waals surface area (Å²) in [6.07, 6.45) is 1.43. The van der Waals surface area contributed by atoms with Gasteiger partial charge >= 0.3 is 0 Å². The number of benzene rings is 1. The topological polar surface area (TPSA) is 49.7 Å². The van der Waals surface area contributed by atoms with Crippen LogP contribution in [0.15, 0.2) is 15.3 Å². The fourth-order valence-corrected chi connectivity index (χ4v) is 3.60. The molecule has 136 valence electrons. The highest BCUT2D eigenvalue weighted by Crippen LogP contribution is 2.41. The van der Waals surface area contributed by atoms with Crippen LogP contribution in [0, 0.1) is 11.7 Å². The molecule has 0 bridgehead atoms. The van der Waals surface area contributed by atoms with Crippen molar-refractivity contribution >= 4 is 26.8 Å².